The van der Waals surface area contributed by atoms with Crippen molar-refractivity contribution < 1.29 is 4.42 Å². The van der Waals surface area contributed by atoms with Crippen LogP contribution in [-0.2, 0) is 6.54 Å². The first-order chi connectivity index (χ1) is 16.1. The molecule has 0 radical (unpaired) electrons. The quantitative estimate of drug-likeness (QED) is 0.369. The van der Waals surface area contributed by atoms with E-state index in [4.69, 9.17) is 20.1 Å². The minimum Gasteiger partial charge on any atom is -0.464 e. The maximum atomic E-state index is 6.08. The van der Waals surface area contributed by atoms with E-state index in [9.17, 15) is 0 Å². The van der Waals surface area contributed by atoms with E-state index in [1.54, 1.807) is 6.26 Å². The third-order valence-corrected chi connectivity index (χ3v) is 6.31. The molecule has 8 nitrogen and oxygen atoms in total. The Kier molecular flexibility index (Phi) is 6.00. The summed E-state index contributed by atoms with van der Waals surface area (Å²) in [6, 6.07) is 13.0. The predicted octanol–water partition coefficient (Wildman–Crippen LogP) is 4.96. The number of nitrogens with one attached hydrogen (secondary N) is 2. The zero-order valence-corrected chi connectivity index (χ0v) is 19.2. The fourth-order valence-corrected chi connectivity index (χ4v) is 4.43. The maximum absolute atomic E-state index is 6.08. The molecule has 0 bridgehead atoms. The van der Waals surface area contributed by atoms with Gasteiger partial charge in [0.2, 0.25) is 5.95 Å². The highest BCUT2D eigenvalue weighted by atomic mass is 16.3. The SMILES string of the molecule is CC(C)n1cnc2c(NCc3ccoc3-c3ccccc3)nc(NC3CCC(N)CC3)nc21. The molecule has 172 valence electrons. The lowest BCUT2D eigenvalue weighted by Gasteiger charge is -2.27. The van der Waals surface area contributed by atoms with Crippen LogP contribution in [0.4, 0.5) is 11.8 Å². The number of anilines is 2. The lowest BCUT2D eigenvalue weighted by atomic mass is 9.92. The second-order valence-electron chi connectivity index (χ2n) is 9.06. The highest BCUT2D eigenvalue weighted by Gasteiger charge is 2.21. The standard InChI is InChI=1S/C25H31N7O/c1-16(2)32-15-28-21-23(27-14-18-12-13-33-22(18)17-6-4-3-5-7-17)30-25(31-24(21)32)29-20-10-8-19(26)9-11-20/h3-7,12-13,15-16,19-20H,8-11,14,26H2,1-2H3,(H2,27,29,30,31). The van der Waals surface area contributed by atoms with Gasteiger partial charge in [-0.3, -0.25) is 0 Å². The molecule has 3 heterocycles. The lowest BCUT2D eigenvalue weighted by Crippen LogP contribution is -2.33. The highest BCUT2D eigenvalue weighted by Crippen LogP contribution is 2.28. The van der Waals surface area contributed by atoms with Crippen LogP contribution in [0, 0.1) is 0 Å². The molecule has 0 saturated heterocycles. The van der Waals surface area contributed by atoms with Crippen molar-refractivity contribution in [1.29, 1.82) is 0 Å². The molecule has 4 N–H and O–H groups in total. The summed E-state index contributed by atoms with van der Waals surface area (Å²) < 4.78 is 7.86. The van der Waals surface area contributed by atoms with Gasteiger partial charge in [0.1, 0.15) is 5.76 Å². The van der Waals surface area contributed by atoms with Gasteiger partial charge in [-0.25, -0.2) is 4.98 Å². The number of rotatable bonds is 7. The lowest BCUT2D eigenvalue weighted by molar-refractivity contribution is 0.410. The third kappa shape index (κ3) is 4.57. The van der Waals surface area contributed by atoms with Crippen LogP contribution in [0.15, 0.2) is 53.4 Å². The topological polar surface area (TPSA) is 107 Å². The number of hydrogen-bond donors (Lipinski definition) is 3. The zero-order valence-electron chi connectivity index (χ0n) is 19.2. The van der Waals surface area contributed by atoms with Gasteiger partial charge in [-0.15, -0.1) is 0 Å². The summed E-state index contributed by atoms with van der Waals surface area (Å²) in [6.45, 7) is 4.83. The number of benzene rings is 1. The Morgan fingerprint density at radius 1 is 1.09 bits per heavy atom. The number of nitrogens with two attached hydrogens (primary N) is 1. The minimum absolute atomic E-state index is 0.247. The first-order valence-corrected chi connectivity index (χ1v) is 11.7. The summed E-state index contributed by atoms with van der Waals surface area (Å²) in [5.41, 5.74) is 9.79. The Balaban J connectivity index is 1.43. The molecule has 1 saturated carbocycles. The smallest absolute Gasteiger partial charge is 0.227 e. The molecule has 1 aromatic carbocycles. The largest absolute Gasteiger partial charge is 0.464 e. The van der Waals surface area contributed by atoms with E-state index in [1.807, 2.05) is 42.7 Å². The number of hydrogen-bond acceptors (Lipinski definition) is 7. The van der Waals surface area contributed by atoms with E-state index >= 15 is 0 Å². The number of imidazole rings is 1. The van der Waals surface area contributed by atoms with Gasteiger partial charge in [0.05, 0.1) is 12.6 Å². The van der Waals surface area contributed by atoms with Gasteiger partial charge < -0.3 is 25.4 Å². The zero-order chi connectivity index (χ0) is 22.8. The van der Waals surface area contributed by atoms with Crippen LogP contribution in [-0.4, -0.2) is 31.6 Å². The van der Waals surface area contributed by atoms with E-state index in [0.29, 0.717) is 24.6 Å². The Hall–Kier alpha value is -3.39. The molecular formula is C25H31N7O. The summed E-state index contributed by atoms with van der Waals surface area (Å²) in [4.78, 5) is 14.3. The molecule has 1 aliphatic carbocycles. The van der Waals surface area contributed by atoms with Crippen LogP contribution < -0.4 is 16.4 Å². The van der Waals surface area contributed by atoms with Crippen LogP contribution in [0.1, 0.15) is 51.1 Å². The monoisotopic (exact) mass is 445 g/mol. The first-order valence-electron chi connectivity index (χ1n) is 11.7. The summed E-state index contributed by atoms with van der Waals surface area (Å²) in [6.07, 6.45) is 7.68. The normalized spacial score (nSPS) is 18.7. The second-order valence-corrected chi connectivity index (χ2v) is 9.06. The van der Waals surface area contributed by atoms with Gasteiger partial charge in [-0.2, -0.15) is 9.97 Å². The van der Waals surface area contributed by atoms with Crippen LogP contribution >= 0.6 is 0 Å². The Bertz CT molecular complexity index is 1210. The molecule has 0 aliphatic heterocycles. The third-order valence-electron chi connectivity index (χ3n) is 6.31. The van der Waals surface area contributed by atoms with Crippen molar-refractivity contribution in [3.8, 4) is 11.3 Å². The molecule has 0 amide bonds. The Morgan fingerprint density at radius 3 is 2.64 bits per heavy atom. The Morgan fingerprint density at radius 2 is 1.88 bits per heavy atom. The summed E-state index contributed by atoms with van der Waals surface area (Å²) >= 11 is 0. The molecule has 1 fully saturated rings. The Labute approximate surface area is 193 Å². The van der Waals surface area contributed by atoms with E-state index in [2.05, 4.69) is 34.0 Å². The van der Waals surface area contributed by atoms with Gasteiger partial charge >= 0.3 is 0 Å². The van der Waals surface area contributed by atoms with E-state index < -0.39 is 0 Å². The van der Waals surface area contributed by atoms with Crippen LogP contribution in [0.2, 0.25) is 0 Å². The molecule has 0 unspecified atom stereocenters. The summed E-state index contributed by atoms with van der Waals surface area (Å²) in [5.74, 6) is 2.20. The molecule has 0 spiro atoms. The average Bonchev–Trinajstić information content (AvgIpc) is 3.47. The van der Waals surface area contributed by atoms with E-state index in [1.165, 1.54) is 0 Å². The average molecular weight is 446 g/mol. The van der Waals surface area contributed by atoms with Crippen molar-refractivity contribution in [1.82, 2.24) is 19.5 Å². The second kappa shape index (κ2) is 9.23. The summed E-state index contributed by atoms with van der Waals surface area (Å²) in [5, 5.41) is 7.03. The van der Waals surface area contributed by atoms with E-state index in [0.717, 1.165) is 59.6 Å². The number of furan rings is 1. The predicted molar refractivity (Wildman–Crippen MR) is 131 cm³/mol. The van der Waals surface area contributed by atoms with Gasteiger partial charge in [-0.05, 0) is 45.6 Å². The maximum Gasteiger partial charge on any atom is 0.227 e. The highest BCUT2D eigenvalue weighted by molar-refractivity contribution is 5.84. The van der Waals surface area contributed by atoms with Crippen molar-refractivity contribution in [2.24, 2.45) is 5.73 Å². The van der Waals surface area contributed by atoms with Gasteiger partial charge in [-0.1, -0.05) is 30.3 Å². The van der Waals surface area contributed by atoms with Gasteiger partial charge in [0.15, 0.2) is 17.0 Å². The first kappa shape index (κ1) is 21.5. The van der Waals surface area contributed by atoms with Crippen LogP contribution in [0.5, 0.6) is 0 Å². The molecule has 33 heavy (non-hydrogen) atoms. The van der Waals surface area contributed by atoms with Crippen LogP contribution in [0.25, 0.3) is 22.5 Å². The molecule has 1 aliphatic rings. The fraction of sp³-hybridized carbons (Fsp3) is 0.400. The van der Waals surface area contributed by atoms with Crippen molar-refractivity contribution in [3.63, 3.8) is 0 Å². The molecule has 5 rings (SSSR count). The van der Waals surface area contributed by atoms with Crippen LogP contribution in [0.3, 0.4) is 0 Å². The van der Waals surface area contributed by atoms with Gasteiger partial charge in [0.25, 0.3) is 0 Å². The van der Waals surface area contributed by atoms with Crippen molar-refractivity contribution in [2.45, 2.75) is 64.2 Å². The number of aromatic nitrogens is 4. The molecule has 8 heteroatoms. The molecule has 4 aromatic rings. The van der Waals surface area contributed by atoms with Crippen molar-refractivity contribution in [2.75, 3.05) is 10.6 Å². The molecular weight excluding hydrogens is 414 g/mol. The van der Waals surface area contributed by atoms with Crippen molar-refractivity contribution in [3.05, 3.63) is 54.6 Å². The number of nitrogens with zero attached hydrogens (tertiary/aromatic N) is 4. The number of fused-ring (bicyclic) bond motifs is 1. The van der Waals surface area contributed by atoms with E-state index in [-0.39, 0.29) is 6.04 Å². The molecule has 3 aromatic heterocycles. The van der Waals surface area contributed by atoms with Crippen molar-refractivity contribution >= 4 is 22.9 Å². The minimum atomic E-state index is 0.247. The van der Waals surface area contributed by atoms with Gasteiger partial charge in [0, 0.05) is 35.8 Å². The molecule has 0 atom stereocenters. The fourth-order valence-electron chi connectivity index (χ4n) is 4.43. The summed E-state index contributed by atoms with van der Waals surface area (Å²) in [7, 11) is 0.